The van der Waals surface area contributed by atoms with E-state index in [4.69, 9.17) is 0 Å². The Labute approximate surface area is 153 Å². The molecule has 1 aliphatic rings. The summed E-state index contributed by atoms with van der Waals surface area (Å²) in [5, 5.41) is 3.25. The molecule has 0 bridgehead atoms. The Hall–Kier alpha value is 1.85. The Balaban J connectivity index is 0.000000845. The first kappa shape index (κ1) is 15.8. The molecule has 5 heteroatoms. The van der Waals surface area contributed by atoms with Crippen LogP contribution in [0, 0.1) is 82.6 Å². The van der Waals surface area contributed by atoms with Gasteiger partial charge in [-0.3, -0.25) is 4.76 Å². The molecule has 1 aromatic rings. The van der Waals surface area contributed by atoms with Gasteiger partial charge in [0.15, 0.2) is 0 Å². The van der Waals surface area contributed by atoms with E-state index in [9.17, 15) is 0 Å². The van der Waals surface area contributed by atoms with Crippen LogP contribution in [0.4, 0.5) is 0 Å². The third kappa shape index (κ3) is 4.02. The standard InChI is InChI=1S/C9H11N2P.2Pr/c12-11-9-5-7-3-1-2-4-8(7)6-10-9;;/h1-4H,5-6,12H2,(H,10,11);;. The van der Waals surface area contributed by atoms with Crippen molar-refractivity contribution in [2.24, 2.45) is 4.76 Å². The van der Waals surface area contributed by atoms with Crippen LogP contribution in [0.1, 0.15) is 11.1 Å². The summed E-state index contributed by atoms with van der Waals surface area (Å²) in [4.78, 5) is 0. The van der Waals surface area contributed by atoms with E-state index in [1.54, 1.807) is 0 Å². The summed E-state index contributed by atoms with van der Waals surface area (Å²) in [5.41, 5.74) is 2.77. The van der Waals surface area contributed by atoms with E-state index in [0.29, 0.717) is 0 Å². The molecule has 0 spiro atoms. The van der Waals surface area contributed by atoms with Crippen LogP contribution in [0.25, 0.3) is 0 Å². The third-order valence-electron chi connectivity index (χ3n) is 2.12. The zero-order chi connectivity index (χ0) is 8.39. The summed E-state index contributed by atoms with van der Waals surface area (Å²) in [6.45, 7) is 0.906. The fourth-order valence-corrected chi connectivity index (χ4v) is 1.62. The van der Waals surface area contributed by atoms with E-state index < -0.39 is 0 Å². The monoisotopic (exact) mass is 460 g/mol. The van der Waals surface area contributed by atoms with Crippen molar-refractivity contribution in [3.05, 3.63) is 35.4 Å². The molecule has 0 aromatic heterocycles. The molecule has 68 valence electrons. The first-order valence-electron chi connectivity index (χ1n) is 3.97. The van der Waals surface area contributed by atoms with Gasteiger partial charge in [0.1, 0.15) is 5.84 Å². The van der Waals surface area contributed by atoms with E-state index in [2.05, 4.69) is 43.7 Å². The van der Waals surface area contributed by atoms with Crippen molar-refractivity contribution < 1.29 is 82.6 Å². The van der Waals surface area contributed by atoms with Gasteiger partial charge >= 0.3 is 0 Å². The van der Waals surface area contributed by atoms with E-state index in [0.717, 1.165) is 18.8 Å². The van der Waals surface area contributed by atoms with Gasteiger partial charge in [-0.15, -0.1) is 0 Å². The summed E-state index contributed by atoms with van der Waals surface area (Å²) in [7, 11) is 2.39. The molecule has 2 nitrogen and oxygen atoms in total. The minimum absolute atomic E-state index is 0. The molecule has 0 saturated carbocycles. The molecule has 1 N–H and O–H groups in total. The van der Waals surface area contributed by atoms with E-state index >= 15 is 0 Å². The molecule has 0 saturated heterocycles. The fraction of sp³-hybridized carbons (Fsp3) is 0.222. The van der Waals surface area contributed by atoms with Crippen LogP contribution in [0.3, 0.4) is 0 Å². The molecule has 0 aliphatic carbocycles. The Kier molecular flexibility index (Phi) is 9.07. The zero-order valence-electron chi connectivity index (χ0n) is 7.90. The number of fused-ring (bicyclic) bond motifs is 1. The normalized spacial score (nSPS) is 15.9. The SMILES string of the molecule is P/N=C1/Cc2ccccc2CN1.[Pr].[Pr]. The first-order chi connectivity index (χ1) is 5.90. The average Bonchev–Trinajstić information content (AvgIpc) is 2.17. The van der Waals surface area contributed by atoms with Crippen molar-refractivity contribution in [1.82, 2.24) is 5.32 Å². The Morgan fingerprint density at radius 1 is 1.14 bits per heavy atom. The van der Waals surface area contributed by atoms with E-state index in [-0.39, 0.29) is 82.6 Å². The number of benzene rings is 1. The number of hydrogen-bond donors (Lipinski definition) is 1. The molecule has 2 radical (unpaired) electrons. The second kappa shape index (κ2) is 8.01. The molecule has 14 heavy (non-hydrogen) atoms. The van der Waals surface area contributed by atoms with Crippen LogP contribution in [-0.2, 0) is 13.0 Å². The predicted octanol–water partition coefficient (Wildman–Crippen LogP) is 1.52. The zero-order valence-corrected chi connectivity index (χ0v) is 16.5. The summed E-state index contributed by atoms with van der Waals surface area (Å²) in [6.07, 6.45) is 0.930. The van der Waals surface area contributed by atoms with Crippen LogP contribution in [0.2, 0.25) is 0 Å². The van der Waals surface area contributed by atoms with Crippen LogP contribution < -0.4 is 5.32 Å². The average molecular weight is 460 g/mol. The molecule has 1 unspecified atom stereocenters. The first-order valence-corrected chi connectivity index (χ1v) is 4.49. The van der Waals surface area contributed by atoms with Gasteiger partial charge in [-0.1, -0.05) is 24.3 Å². The molecule has 1 heterocycles. The predicted molar refractivity (Wildman–Crippen MR) is 54.1 cm³/mol. The van der Waals surface area contributed by atoms with E-state index in [1.165, 1.54) is 11.1 Å². The number of amidine groups is 1. The molecular weight excluding hydrogens is 449 g/mol. The van der Waals surface area contributed by atoms with Crippen molar-refractivity contribution in [3.8, 4) is 0 Å². The van der Waals surface area contributed by atoms with Gasteiger partial charge in [0.2, 0.25) is 0 Å². The summed E-state index contributed by atoms with van der Waals surface area (Å²) >= 11 is 0. The molecule has 1 atom stereocenters. The van der Waals surface area contributed by atoms with Crippen molar-refractivity contribution >= 4 is 15.2 Å². The maximum Gasteiger partial charge on any atom is 0.104 e. The van der Waals surface area contributed by atoms with Crippen LogP contribution in [0.5, 0.6) is 0 Å². The summed E-state index contributed by atoms with van der Waals surface area (Å²) in [6, 6.07) is 8.46. The molecule has 0 amide bonds. The Morgan fingerprint density at radius 3 is 2.43 bits per heavy atom. The second-order valence-electron chi connectivity index (χ2n) is 2.87. The van der Waals surface area contributed by atoms with Crippen molar-refractivity contribution in [3.63, 3.8) is 0 Å². The Bertz CT molecular complexity index is 328. The molecule has 0 fully saturated rings. The number of hydrogen-bond acceptors (Lipinski definition) is 1. The minimum atomic E-state index is 0. The van der Waals surface area contributed by atoms with Crippen LogP contribution in [0.15, 0.2) is 29.0 Å². The number of nitrogens with one attached hydrogen (secondary N) is 1. The van der Waals surface area contributed by atoms with Crippen LogP contribution >= 0.6 is 9.39 Å². The maximum absolute atomic E-state index is 4.07. The third-order valence-corrected chi connectivity index (χ3v) is 2.43. The Morgan fingerprint density at radius 2 is 1.79 bits per heavy atom. The van der Waals surface area contributed by atoms with Gasteiger partial charge in [0.25, 0.3) is 0 Å². The van der Waals surface area contributed by atoms with Crippen molar-refractivity contribution in [1.29, 1.82) is 0 Å². The smallest absolute Gasteiger partial charge is 0.104 e. The van der Waals surface area contributed by atoms with Gasteiger partial charge in [0, 0.05) is 95.5 Å². The van der Waals surface area contributed by atoms with E-state index in [1.807, 2.05) is 0 Å². The van der Waals surface area contributed by atoms with Gasteiger partial charge in [-0.25, -0.2) is 0 Å². The fourth-order valence-electron chi connectivity index (χ4n) is 1.43. The van der Waals surface area contributed by atoms with Crippen molar-refractivity contribution in [2.45, 2.75) is 13.0 Å². The molecule has 1 aromatic carbocycles. The van der Waals surface area contributed by atoms with Crippen molar-refractivity contribution in [2.75, 3.05) is 0 Å². The molecular formula is C9H11N2PPr2. The summed E-state index contributed by atoms with van der Waals surface area (Å²) < 4.78 is 4.07. The van der Waals surface area contributed by atoms with Gasteiger partial charge in [-0.2, -0.15) is 0 Å². The van der Waals surface area contributed by atoms with Gasteiger partial charge < -0.3 is 5.32 Å². The minimum Gasteiger partial charge on any atom is -0.369 e. The topological polar surface area (TPSA) is 24.4 Å². The number of rotatable bonds is 0. The van der Waals surface area contributed by atoms with Gasteiger partial charge in [-0.05, 0) is 20.5 Å². The molecule has 1 aliphatic heterocycles. The number of nitrogens with zero attached hydrogens (tertiary/aromatic N) is 1. The largest absolute Gasteiger partial charge is 0.369 e. The maximum atomic E-state index is 4.07. The quantitative estimate of drug-likeness (QED) is 0.585. The van der Waals surface area contributed by atoms with Gasteiger partial charge in [0.05, 0.1) is 0 Å². The second-order valence-corrected chi connectivity index (χ2v) is 3.13. The summed E-state index contributed by atoms with van der Waals surface area (Å²) in [5.74, 6) is 1.05. The molecule has 2 rings (SSSR count). The van der Waals surface area contributed by atoms with Crippen LogP contribution in [-0.4, -0.2) is 5.84 Å².